The van der Waals surface area contributed by atoms with Crippen LogP contribution in [0.2, 0.25) is 0 Å². The van der Waals surface area contributed by atoms with Gasteiger partial charge in [-0.2, -0.15) is 0 Å². The molecule has 0 aromatic carbocycles. The van der Waals surface area contributed by atoms with Crippen molar-refractivity contribution in [2.75, 3.05) is 6.54 Å². The highest BCUT2D eigenvalue weighted by Crippen LogP contribution is 2.00. The minimum absolute atomic E-state index is 0.209. The maximum atomic E-state index is 11.2. The molecule has 0 saturated heterocycles. The molecule has 0 aliphatic carbocycles. The third-order valence-electron chi connectivity index (χ3n) is 1.86. The molecule has 0 aromatic heterocycles. The van der Waals surface area contributed by atoms with E-state index in [1.54, 1.807) is 6.92 Å². The number of aliphatic carboxylic acids is 1. The van der Waals surface area contributed by atoms with Gasteiger partial charge in [-0.05, 0) is 13.8 Å². The molecule has 0 aliphatic heterocycles. The van der Waals surface area contributed by atoms with Crippen molar-refractivity contribution in [3.63, 3.8) is 0 Å². The number of hydrogen-bond donors (Lipinski definition) is 4. The normalized spacial score (nSPS) is 15.4. The number of carboxylic acid groups (broad SMARTS) is 1. The van der Waals surface area contributed by atoms with Crippen molar-refractivity contribution >= 4 is 12.0 Å². The van der Waals surface area contributed by atoms with Gasteiger partial charge in [0.2, 0.25) is 0 Å². The molecular formula is C10H16N2O4. The Labute approximate surface area is 94.0 Å². The van der Waals surface area contributed by atoms with Crippen LogP contribution in [0.1, 0.15) is 20.3 Å². The molecule has 6 heteroatoms. The van der Waals surface area contributed by atoms with Gasteiger partial charge in [0.25, 0.3) is 0 Å². The number of nitrogens with one attached hydrogen (secondary N) is 2. The molecule has 90 valence electrons. The van der Waals surface area contributed by atoms with Crippen LogP contribution >= 0.6 is 0 Å². The second-order valence-electron chi connectivity index (χ2n) is 3.72. The summed E-state index contributed by atoms with van der Waals surface area (Å²) in [5.41, 5.74) is -1.98. The topological polar surface area (TPSA) is 98.7 Å². The second-order valence-corrected chi connectivity index (χ2v) is 3.72. The van der Waals surface area contributed by atoms with E-state index < -0.39 is 17.6 Å². The van der Waals surface area contributed by atoms with Gasteiger partial charge in [0.05, 0.1) is 6.54 Å². The lowest BCUT2D eigenvalue weighted by Crippen LogP contribution is -2.50. The molecule has 0 radical (unpaired) electrons. The molecule has 4 N–H and O–H groups in total. The molecule has 0 heterocycles. The maximum absolute atomic E-state index is 11.2. The van der Waals surface area contributed by atoms with Crippen LogP contribution < -0.4 is 10.6 Å². The van der Waals surface area contributed by atoms with E-state index >= 15 is 0 Å². The fraction of sp³-hybridized carbons (Fsp3) is 0.600. The van der Waals surface area contributed by atoms with E-state index in [0.29, 0.717) is 6.42 Å². The Morgan fingerprint density at radius 2 is 2.12 bits per heavy atom. The Hall–Kier alpha value is -1.74. The number of amides is 2. The highest BCUT2D eigenvalue weighted by atomic mass is 16.4. The standard InChI is InChI=1S/C10H16N2O4/c1-4-5-7(2)12-9(15)11-6-10(3,16)8(13)14/h1,7,16H,5-6H2,2-3H3,(H,13,14)(H2,11,12,15). The van der Waals surface area contributed by atoms with E-state index in [9.17, 15) is 14.7 Å². The Kier molecular flexibility index (Phi) is 5.33. The highest BCUT2D eigenvalue weighted by molar-refractivity contribution is 5.79. The molecule has 0 fully saturated rings. The Bertz CT molecular complexity index is 306. The summed E-state index contributed by atoms with van der Waals surface area (Å²) in [4.78, 5) is 21.7. The number of urea groups is 1. The van der Waals surface area contributed by atoms with Gasteiger partial charge < -0.3 is 20.8 Å². The molecule has 2 unspecified atom stereocenters. The van der Waals surface area contributed by atoms with Gasteiger partial charge in [-0.15, -0.1) is 12.3 Å². The lowest BCUT2D eigenvalue weighted by Gasteiger charge is -2.19. The van der Waals surface area contributed by atoms with Crippen molar-refractivity contribution in [2.24, 2.45) is 0 Å². The van der Waals surface area contributed by atoms with Gasteiger partial charge in [-0.3, -0.25) is 0 Å². The number of rotatable bonds is 5. The number of carbonyl (C=O) groups is 2. The van der Waals surface area contributed by atoms with Gasteiger partial charge >= 0.3 is 12.0 Å². The van der Waals surface area contributed by atoms with Gasteiger partial charge in [0, 0.05) is 12.5 Å². The summed E-state index contributed by atoms with van der Waals surface area (Å²) < 4.78 is 0. The van der Waals surface area contributed by atoms with Gasteiger partial charge in [0.1, 0.15) is 0 Å². The summed E-state index contributed by atoms with van der Waals surface area (Å²) in [5.74, 6) is 0.979. The van der Waals surface area contributed by atoms with Crippen molar-refractivity contribution in [2.45, 2.75) is 31.9 Å². The van der Waals surface area contributed by atoms with Crippen LogP contribution in [0.5, 0.6) is 0 Å². The average molecular weight is 228 g/mol. The van der Waals surface area contributed by atoms with Crippen LogP contribution in [-0.4, -0.2) is 40.4 Å². The quantitative estimate of drug-likeness (QED) is 0.478. The zero-order valence-electron chi connectivity index (χ0n) is 9.28. The summed E-state index contributed by atoms with van der Waals surface area (Å²) in [6.45, 7) is 2.44. The molecule has 0 saturated carbocycles. The van der Waals surface area contributed by atoms with Crippen molar-refractivity contribution in [3.8, 4) is 12.3 Å². The van der Waals surface area contributed by atoms with Crippen LogP contribution in [0.25, 0.3) is 0 Å². The minimum Gasteiger partial charge on any atom is -0.479 e. The van der Waals surface area contributed by atoms with E-state index in [4.69, 9.17) is 11.5 Å². The zero-order valence-corrected chi connectivity index (χ0v) is 9.28. The smallest absolute Gasteiger partial charge is 0.337 e. The predicted molar refractivity (Wildman–Crippen MR) is 57.7 cm³/mol. The Balaban J connectivity index is 4.00. The van der Waals surface area contributed by atoms with Gasteiger partial charge in [0.15, 0.2) is 5.60 Å². The molecular weight excluding hydrogens is 212 g/mol. The summed E-state index contributed by atoms with van der Waals surface area (Å²) in [7, 11) is 0. The van der Waals surface area contributed by atoms with Gasteiger partial charge in [-0.1, -0.05) is 0 Å². The lowest BCUT2D eigenvalue weighted by molar-refractivity contribution is -0.155. The molecule has 6 nitrogen and oxygen atoms in total. The van der Waals surface area contributed by atoms with E-state index in [1.165, 1.54) is 0 Å². The Morgan fingerprint density at radius 1 is 1.56 bits per heavy atom. The van der Waals surface area contributed by atoms with Crippen LogP contribution in [0.4, 0.5) is 4.79 Å². The molecule has 0 bridgehead atoms. The van der Waals surface area contributed by atoms with Crippen molar-refractivity contribution in [3.05, 3.63) is 0 Å². The first-order valence-electron chi connectivity index (χ1n) is 4.73. The number of aliphatic hydroxyl groups is 1. The summed E-state index contributed by atoms with van der Waals surface area (Å²) in [5, 5.41) is 22.6. The highest BCUT2D eigenvalue weighted by Gasteiger charge is 2.30. The molecule has 2 atom stereocenters. The number of terminal acetylenes is 1. The molecule has 0 spiro atoms. The first-order valence-corrected chi connectivity index (χ1v) is 4.73. The van der Waals surface area contributed by atoms with Crippen LogP contribution in [0, 0.1) is 12.3 Å². The third-order valence-corrected chi connectivity index (χ3v) is 1.86. The summed E-state index contributed by atoms with van der Waals surface area (Å²) >= 11 is 0. The molecule has 0 rings (SSSR count). The Morgan fingerprint density at radius 3 is 2.56 bits per heavy atom. The first-order chi connectivity index (χ1) is 7.29. The first kappa shape index (κ1) is 14.3. The largest absolute Gasteiger partial charge is 0.479 e. The fourth-order valence-electron chi connectivity index (χ4n) is 0.831. The van der Waals surface area contributed by atoms with Gasteiger partial charge in [-0.25, -0.2) is 9.59 Å². The van der Waals surface area contributed by atoms with E-state index in [0.717, 1.165) is 6.92 Å². The fourth-order valence-corrected chi connectivity index (χ4v) is 0.831. The maximum Gasteiger partial charge on any atom is 0.337 e. The molecule has 16 heavy (non-hydrogen) atoms. The second kappa shape index (κ2) is 5.98. The van der Waals surface area contributed by atoms with E-state index in [-0.39, 0.29) is 12.6 Å². The van der Waals surface area contributed by atoms with E-state index in [2.05, 4.69) is 16.6 Å². The van der Waals surface area contributed by atoms with Crippen molar-refractivity contribution in [1.29, 1.82) is 0 Å². The molecule has 0 aliphatic rings. The monoisotopic (exact) mass is 228 g/mol. The molecule has 0 aromatic rings. The number of carbonyl (C=O) groups excluding carboxylic acids is 1. The SMILES string of the molecule is C#CCC(C)NC(=O)NCC(C)(O)C(=O)O. The van der Waals surface area contributed by atoms with Crippen LogP contribution in [0.15, 0.2) is 0 Å². The molecule has 2 amide bonds. The number of carboxylic acids is 1. The predicted octanol–water partition coefficient (Wildman–Crippen LogP) is -0.467. The number of hydrogen-bond acceptors (Lipinski definition) is 3. The van der Waals surface area contributed by atoms with Crippen LogP contribution in [0.3, 0.4) is 0 Å². The zero-order chi connectivity index (χ0) is 12.8. The van der Waals surface area contributed by atoms with E-state index in [1.807, 2.05) is 0 Å². The van der Waals surface area contributed by atoms with Crippen molar-refractivity contribution < 1.29 is 19.8 Å². The third kappa shape index (κ3) is 5.22. The van der Waals surface area contributed by atoms with Crippen molar-refractivity contribution in [1.82, 2.24) is 10.6 Å². The summed E-state index contributed by atoms with van der Waals surface area (Å²) in [6.07, 6.45) is 5.43. The average Bonchev–Trinajstić information content (AvgIpc) is 2.15. The summed E-state index contributed by atoms with van der Waals surface area (Å²) in [6, 6.07) is -0.774. The lowest BCUT2D eigenvalue weighted by atomic mass is 10.1. The van der Waals surface area contributed by atoms with Crippen LogP contribution in [-0.2, 0) is 4.79 Å². The minimum atomic E-state index is -1.98.